The van der Waals surface area contributed by atoms with Crippen LogP contribution >= 0.6 is 0 Å². The van der Waals surface area contributed by atoms with Crippen LogP contribution in [-0.2, 0) is 4.74 Å². The Kier molecular flexibility index (Phi) is 2.67. The lowest BCUT2D eigenvalue weighted by Crippen LogP contribution is -2.07. The Morgan fingerprint density at radius 3 is 2.95 bits per heavy atom. The van der Waals surface area contributed by atoms with Gasteiger partial charge in [-0.05, 0) is 26.0 Å². The molecule has 0 aliphatic rings. The average Bonchev–Trinajstić information content (AvgIpc) is 2.85. The van der Waals surface area contributed by atoms with Crippen molar-refractivity contribution in [2.24, 2.45) is 0 Å². The molecule has 19 heavy (non-hydrogen) atoms. The second kappa shape index (κ2) is 4.35. The summed E-state index contributed by atoms with van der Waals surface area (Å²) in [6.45, 7) is 3.97. The summed E-state index contributed by atoms with van der Waals surface area (Å²) in [6, 6.07) is 7.75. The standard InChI is InChI=1S/C14H13N3O2/c1-3-19-14(18)12-13-9(2)16-10-6-4-5-7-11(10)17(13)8-15-12/h4-8H,3H2,1-2H3. The molecule has 0 unspecified atom stereocenters. The zero-order valence-corrected chi connectivity index (χ0v) is 10.8. The summed E-state index contributed by atoms with van der Waals surface area (Å²) < 4.78 is 6.90. The number of hydrogen-bond donors (Lipinski definition) is 0. The molecule has 0 fully saturated rings. The molecule has 0 aliphatic carbocycles. The van der Waals surface area contributed by atoms with Crippen molar-refractivity contribution in [3.05, 3.63) is 42.0 Å². The number of para-hydroxylation sites is 2. The van der Waals surface area contributed by atoms with Gasteiger partial charge in [-0.2, -0.15) is 0 Å². The van der Waals surface area contributed by atoms with Crippen molar-refractivity contribution in [1.82, 2.24) is 14.4 Å². The Balaban J connectivity index is 2.34. The van der Waals surface area contributed by atoms with Crippen LogP contribution in [0.25, 0.3) is 16.6 Å². The number of imidazole rings is 1. The minimum absolute atomic E-state index is 0.317. The van der Waals surface area contributed by atoms with Gasteiger partial charge in [0, 0.05) is 0 Å². The number of hydrogen-bond acceptors (Lipinski definition) is 4. The van der Waals surface area contributed by atoms with E-state index in [-0.39, 0.29) is 0 Å². The quantitative estimate of drug-likeness (QED) is 0.660. The fraction of sp³-hybridized carbons (Fsp3) is 0.214. The van der Waals surface area contributed by atoms with Gasteiger partial charge in [0.1, 0.15) is 11.8 Å². The maximum absolute atomic E-state index is 11.9. The van der Waals surface area contributed by atoms with Crippen molar-refractivity contribution in [2.45, 2.75) is 13.8 Å². The van der Waals surface area contributed by atoms with Gasteiger partial charge in [-0.25, -0.2) is 14.8 Å². The number of fused-ring (bicyclic) bond motifs is 3. The number of ether oxygens (including phenoxy) is 1. The molecule has 96 valence electrons. The molecule has 5 heteroatoms. The van der Waals surface area contributed by atoms with E-state index < -0.39 is 5.97 Å². The summed E-state index contributed by atoms with van der Waals surface area (Å²) in [6.07, 6.45) is 1.64. The highest BCUT2D eigenvalue weighted by molar-refractivity contribution is 5.97. The van der Waals surface area contributed by atoms with E-state index in [4.69, 9.17) is 4.74 Å². The second-order valence-electron chi connectivity index (χ2n) is 4.22. The lowest BCUT2D eigenvalue weighted by molar-refractivity contribution is 0.0522. The minimum Gasteiger partial charge on any atom is -0.461 e. The van der Waals surface area contributed by atoms with Gasteiger partial charge in [0.05, 0.1) is 23.3 Å². The van der Waals surface area contributed by atoms with Crippen LogP contribution in [0.5, 0.6) is 0 Å². The summed E-state index contributed by atoms with van der Waals surface area (Å²) in [4.78, 5) is 20.6. The third kappa shape index (κ3) is 1.74. The van der Waals surface area contributed by atoms with E-state index in [1.165, 1.54) is 0 Å². The summed E-state index contributed by atoms with van der Waals surface area (Å²) in [5, 5.41) is 0. The molecule has 3 aromatic rings. The third-order valence-corrected chi connectivity index (χ3v) is 3.01. The number of rotatable bonds is 2. The van der Waals surface area contributed by atoms with Gasteiger partial charge < -0.3 is 4.74 Å². The topological polar surface area (TPSA) is 56.5 Å². The van der Waals surface area contributed by atoms with Crippen LogP contribution in [0.4, 0.5) is 0 Å². The Bertz CT molecular complexity index is 777. The fourth-order valence-electron chi connectivity index (χ4n) is 2.22. The molecule has 1 aromatic carbocycles. The Labute approximate surface area is 109 Å². The highest BCUT2D eigenvalue weighted by Gasteiger charge is 2.18. The van der Waals surface area contributed by atoms with Gasteiger partial charge in [0.25, 0.3) is 0 Å². The Hall–Kier alpha value is -2.43. The Morgan fingerprint density at radius 1 is 1.37 bits per heavy atom. The molecule has 0 atom stereocenters. The molecule has 0 spiro atoms. The average molecular weight is 255 g/mol. The molecule has 0 saturated heterocycles. The third-order valence-electron chi connectivity index (χ3n) is 3.01. The van der Waals surface area contributed by atoms with Crippen LogP contribution in [0.3, 0.4) is 0 Å². The number of esters is 1. The van der Waals surface area contributed by atoms with Crippen LogP contribution in [0.15, 0.2) is 30.6 Å². The van der Waals surface area contributed by atoms with Crippen molar-refractivity contribution in [1.29, 1.82) is 0 Å². The first-order chi connectivity index (χ1) is 9.22. The van der Waals surface area contributed by atoms with Gasteiger partial charge in [0.15, 0.2) is 5.69 Å². The number of aromatic nitrogens is 3. The second-order valence-corrected chi connectivity index (χ2v) is 4.22. The van der Waals surface area contributed by atoms with Crippen molar-refractivity contribution in [3.8, 4) is 0 Å². The van der Waals surface area contributed by atoms with E-state index in [1.54, 1.807) is 13.3 Å². The van der Waals surface area contributed by atoms with Crippen molar-refractivity contribution >= 4 is 22.5 Å². The first-order valence-corrected chi connectivity index (χ1v) is 6.12. The predicted molar refractivity (Wildman–Crippen MR) is 71.2 cm³/mol. The van der Waals surface area contributed by atoms with Crippen molar-refractivity contribution < 1.29 is 9.53 Å². The van der Waals surface area contributed by atoms with Gasteiger partial charge in [-0.1, -0.05) is 12.1 Å². The van der Waals surface area contributed by atoms with Crippen LogP contribution in [0, 0.1) is 6.92 Å². The number of carbonyl (C=O) groups excluding carboxylic acids is 1. The predicted octanol–water partition coefficient (Wildman–Crippen LogP) is 2.37. The van der Waals surface area contributed by atoms with E-state index in [2.05, 4.69) is 9.97 Å². The first-order valence-electron chi connectivity index (χ1n) is 6.12. The molecule has 0 aliphatic heterocycles. The number of carbonyl (C=O) groups is 1. The number of benzene rings is 1. The molecule has 0 bridgehead atoms. The molecule has 2 aromatic heterocycles. The fourth-order valence-corrected chi connectivity index (χ4v) is 2.22. The largest absolute Gasteiger partial charge is 0.461 e. The monoisotopic (exact) mass is 255 g/mol. The van der Waals surface area contributed by atoms with Crippen LogP contribution in [0.1, 0.15) is 23.1 Å². The van der Waals surface area contributed by atoms with Gasteiger partial charge in [-0.3, -0.25) is 4.40 Å². The van der Waals surface area contributed by atoms with E-state index in [0.29, 0.717) is 17.8 Å². The summed E-state index contributed by atoms with van der Waals surface area (Å²) in [5.41, 5.74) is 3.58. The van der Waals surface area contributed by atoms with Crippen LogP contribution < -0.4 is 0 Å². The minimum atomic E-state index is -0.412. The van der Waals surface area contributed by atoms with Crippen molar-refractivity contribution in [2.75, 3.05) is 6.61 Å². The highest BCUT2D eigenvalue weighted by Crippen LogP contribution is 2.20. The van der Waals surface area contributed by atoms with E-state index in [0.717, 1.165) is 16.7 Å². The maximum Gasteiger partial charge on any atom is 0.359 e. The normalized spacial score (nSPS) is 11.1. The Morgan fingerprint density at radius 2 is 2.16 bits per heavy atom. The molecule has 0 amide bonds. The lowest BCUT2D eigenvalue weighted by atomic mass is 10.2. The summed E-state index contributed by atoms with van der Waals surface area (Å²) in [5.74, 6) is -0.412. The maximum atomic E-state index is 11.9. The summed E-state index contributed by atoms with van der Waals surface area (Å²) >= 11 is 0. The molecule has 0 N–H and O–H groups in total. The molecule has 2 heterocycles. The zero-order chi connectivity index (χ0) is 13.4. The first kappa shape index (κ1) is 11.6. The van der Waals surface area contributed by atoms with Gasteiger partial charge >= 0.3 is 5.97 Å². The van der Waals surface area contributed by atoms with Crippen molar-refractivity contribution in [3.63, 3.8) is 0 Å². The molecule has 3 rings (SSSR count). The lowest BCUT2D eigenvalue weighted by Gasteiger charge is -2.05. The van der Waals surface area contributed by atoms with E-state index in [9.17, 15) is 4.79 Å². The number of nitrogens with zero attached hydrogens (tertiary/aromatic N) is 3. The molecule has 5 nitrogen and oxygen atoms in total. The van der Waals surface area contributed by atoms with Gasteiger partial charge in [0.2, 0.25) is 0 Å². The molecule has 0 saturated carbocycles. The zero-order valence-electron chi connectivity index (χ0n) is 10.8. The summed E-state index contributed by atoms with van der Waals surface area (Å²) in [7, 11) is 0. The molecular weight excluding hydrogens is 242 g/mol. The van der Waals surface area contributed by atoms with E-state index in [1.807, 2.05) is 35.6 Å². The molecule has 0 radical (unpaired) electrons. The molecular formula is C14H13N3O2. The highest BCUT2D eigenvalue weighted by atomic mass is 16.5. The smallest absolute Gasteiger partial charge is 0.359 e. The number of aryl methyl sites for hydroxylation is 1. The van der Waals surface area contributed by atoms with Crippen LogP contribution in [-0.4, -0.2) is 26.9 Å². The SMILES string of the molecule is CCOC(=O)c1ncn2c1c(C)nc1ccccc12. The van der Waals surface area contributed by atoms with Gasteiger partial charge in [-0.15, -0.1) is 0 Å². The van der Waals surface area contributed by atoms with E-state index >= 15 is 0 Å². The van der Waals surface area contributed by atoms with Crippen LogP contribution in [0.2, 0.25) is 0 Å².